The van der Waals surface area contributed by atoms with Crippen LogP contribution in [0.3, 0.4) is 0 Å². The molecule has 0 aliphatic carbocycles. The molecule has 25 heavy (non-hydrogen) atoms. The van der Waals surface area contributed by atoms with Crippen molar-refractivity contribution in [2.24, 2.45) is 0 Å². The van der Waals surface area contributed by atoms with Crippen LogP contribution in [0, 0.1) is 0 Å². The summed E-state index contributed by atoms with van der Waals surface area (Å²) in [6.45, 7) is 2.03. The normalized spacial score (nSPS) is 15.6. The van der Waals surface area contributed by atoms with Crippen LogP contribution in [0.4, 0.5) is 0 Å². The number of carbonyl (C=O) groups is 3. The average Bonchev–Trinajstić information content (AvgIpc) is 2.59. The largest absolute Gasteiger partial charge is 0.480 e. The van der Waals surface area contributed by atoms with Crippen molar-refractivity contribution in [3.05, 3.63) is 29.8 Å². The first kappa shape index (κ1) is 18.9. The molecule has 0 radical (unpaired) electrons. The SMILES string of the molecule is CC(=O)N1CCN(S(=O)(=O)c2ccc(C(=O)NCC(=O)O)cc2)CC1. The third kappa shape index (κ3) is 4.54. The fourth-order valence-electron chi connectivity index (χ4n) is 2.43. The highest BCUT2D eigenvalue weighted by Gasteiger charge is 2.29. The molecule has 136 valence electrons. The van der Waals surface area contributed by atoms with Crippen LogP contribution in [0.25, 0.3) is 0 Å². The Morgan fingerprint density at radius 2 is 1.64 bits per heavy atom. The van der Waals surface area contributed by atoms with Crippen molar-refractivity contribution < 1.29 is 27.9 Å². The second kappa shape index (κ2) is 7.62. The Labute approximate surface area is 145 Å². The summed E-state index contributed by atoms with van der Waals surface area (Å²) in [5.41, 5.74) is 0.168. The number of hydrogen-bond donors (Lipinski definition) is 2. The molecule has 0 saturated carbocycles. The lowest BCUT2D eigenvalue weighted by Crippen LogP contribution is -2.49. The number of amides is 2. The molecule has 0 aromatic heterocycles. The van der Waals surface area contributed by atoms with E-state index in [1.807, 2.05) is 0 Å². The first-order valence-electron chi connectivity index (χ1n) is 7.57. The molecule has 2 amide bonds. The van der Waals surface area contributed by atoms with Crippen LogP contribution in [-0.2, 0) is 19.6 Å². The van der Waals surface area contributed by atoms with Crippen molar-refractivity contribution >= 4 is 27.8 Å². The van der Waals surface area contributed by atoms with Gasteiger partial charge < -0.3 is 15.3 Å². The van der Waals surface area contributed by atoms with Gasteiger partial charge in [0.25, 0.3) is 5.91 Å². The maximum absolute atomic E-state index is 12.6. The lowest BCUT2D eigenvalue weighted by molar-refractivity contribution is -0.135. The van der Waals surface area contributed by atoms with Crippen LogP contribution in [0.15, 0.2) is 29.2 Å². The fraction of sp³-hybridized carbons (Fsp3) is 0.400. The molecule has 0 bridgehead atoms. The number of piperazine rings is 1. The van der Waals surface area contributed by atoms with Gasteiger partial charge in [-0.15, -0.1) is 0 Å². The summed E-state index contributed by atoms with van der Waals surface area (Å²) in [6, 6.07) is 5.27. The third-order valence-electron chi connectivity index (χ3n) is 3.84. The predicted molar refractivity (Wildman–Crippen MR) is 87.4 cm³/mol. The number of carboxylic acid groups (broad SMARTS) is 1. The van der Waals surface area contributed by atoms with E-state index in [0.717, 1.165) is 0 Å². The zero-order valence-electron chi connectivity index (χ0n) is 13.6. The zero-order valence-corrected chi connectivity index (χ0v) is 14.5. The molecule has 1 aromatic carbocycles. The second-order valence-corrected chi connectivity index (χ2v) is 7.45. The molecule has 1 aromatic rings. The van der Waals surface area contributed by atoms with Gasteiger partial charge in [0.05, 0.1) is 4.90 Å². The quantitative estimate of drug-likeness (QED) is 0.711. The molecule has 1 heterocycles. The van der Waals surface area contributed by atoms with E-state index in [1.165, 1.54) is 35.5 Å². The molecule has 0 spiro atoms. The van der Waals surface area contributed by atoms with Crippen molar-refractivity contribution in [3.63, 3.8) is 0 Å². The Bertz CT molecular complexity index is 767. The first-order chi connectivity index (χ1) is 11.7. The Morgan fingerprint density at radius 1 is 1.08 bits per heavy atom. The van der Waals surface area contributed by atoms with E-state index < -0.39 is 28.4 Å². The van der Waals surface area contributed by atoms with E-state index in [1.54, 1.807) is 4.90 Å². The van der Waals surface area contributed by atoms with Crippen LogP contribution in [0.1, 0.15) is 17.3 Å². The van der Waals surface area contributed by atoms with Crippen LogP contribution in [0.5, 0.6) is 0 Å². The van der Waals surface area contributed by atoms with E-state index in [9.17, 15) is 22.8 Å². The number of aliphatic carboxylic acids is 1. The summed E-state index contributed by atoms with van der Waals surface area (Å²) >= 11 is 0. The number of benzene rings is 1. The molecule has 1 saturated heterocycles. The van der Waals surface area contributed by atoms with Gasteiger partial charge in [0.1, 0.15) is 6.54 Å². The van der Waals surface area contributed by atoms with Gasteiger partial charge in [0.15, 0.2) is 0 Å². The Hall–Kier alpha value is -2.46. The van der Waals surface area contributed by atoms with E-state index in [4.69, 9.17) is 5.11 Å². The summed E-state index contributed by atoms with van der Waals surface area (Å²) in [4.78, 5) is 35.1. The topological polar surface area (TPSA) is 124 Å². The minimum Gasteiger partial charge on any atom is -0.480 e. The van der Waals surface area contributed by atoms with Crippen molar-refractivity contribution in [1.29, 1.82) is 0 Å². The second-order valence-electron chi connectivity index (χ2n) is 5.51. The molecule has 9 nitrogen and oxygen atoms in total. The molecule has 0 atom stereocenters. The molecule has 1 aliphatic rings. The van der Waals surface area contributed by atoms with E-state index in [0.29, 0.717) is 13.1 Å². The Kier molecular flexibility index (Phi) is 5.75. The monoisotopic (exact) mass is 369 g/mol. The zero-order chi connectivity index (χ0) is 18.6. The van der Waals surface area contributed by atoms with Crippen LogP contribution in [0.2, 0.25) is 0 Å². The highest BCUT2D eigenvalue weighted by atomic mass is 32.2. The minimum absolute atomic E-state index is 0.0403. The molecule has 2 rings (SSSR count). The van der Waals surface area contributed by atoms with Gasteiger partial charge in [0.2, 0.25) is 15.9 Å². The molecule has 1 fully saturated rings. The summed E-state index contributed by atoms with van der Waals surface area (Å²) in [5, 5.41) is 10.7. The summed E-state index contributed by atoms with van der Waals surface area (Å²) in [6.07, 6.45) is 0. The van der Waals surface area contributed by atoms with Crippen molar-refractivity contribution in [2.45, 2.75) is 11.8 Å². The molecular formula is C15H19N3O6S. The van der Waals surface area contributed by atoms with Crippen LogP contribution in [-0.4, -0.2) is 73.2 Å². The minimum atomic E-state index is -3.71. The highest BCUT2D eigenvalue weighted by molar-refractivity contribution is 7.89. The number of carbonyl (C=O) groups excluding carboxylic acids is 2. The first-order valence-corrected chi connectivity index (χ1v) is 9.01. The van der Waals surface area contributed by atoms with Crippen molar-refractivity contribution in [1.82, 2.24) is 14.5 Å². The molecule has 10 heteroatoms. The number of nitrogens with one attached hydrogen (secondary N) is 1. The van der Waals surface area contributed by atoms with Crippen molar-refractivity contribution in [3.8, 4) is 0 Å². The summed E-state index contributed by atoms with van der Waals surface area (Å²) < 4.78 is 26.5. The average molecular weight is 369 g/mol. The maximum Gasteiger partial charge on any atom is 0.322 e. The lowest BCUT2D eigenvalue weighted by atomic mass is 10.2. The number of sulfonamides is 1. The number of rotatable bonds is 5. The molecule has 2 N–H and O–H groups in total. The summed E-state index contributed by atoms with van der Waals surface area (Å²) in [5.74, 6) is -1.85. The van der Waals surface area contributed by atoms with Gasteiger partial charge >= 0.3 is 5.97 Å². The number of nitrogens with zero attached hydrogens (tertiary/aromatic N) is 2. The lowest BCUT2D eigenvalue weighted by Gasteiger charge is -2.33. The molecular weight excluding hydrogens is 350 g/mol. The van der Waals surface area contributed by atoms with Gasteiger partial charge in [-0.25, -0.2) is 8.42 Å². The molecule has 1 aliphatic heterocycles. The van der Waals surface area contributed by atoms with E-state index in [2.05, 4.69) is 5.32 Å². The van der Waals surface area contributed by atoms with Gasteiger partial charge in [-0.05, 0) is 24.3 Å². The summed E-state index contributed by atoms with van der Waals surface area (Å²) in [7, 11) is -3.71. The highest BCUT2D eigenvalue weighted by Crippen LogP contribution is 2.18. The number of carboxylic acids is 1. The van der Waals surface area contributed by atoms with Crippen molar-refractivity contribution in [2.75, 3.05) is 32.7 Å². The standard InChI is InChI=1S/C15H19N3O6S/c1-11(19)17-6-8-18(9-7-17)25(23,24)13-4-2-12(3-5-13)15(22)16-10-14(20)21/h2-5H,6-10H2,1H3,(H,16,22)(H,20,21). The predicted octanol–water partition coefficient (Wildman–Crippen LogP) is -0.646. The van der Waals surface area contributed by atoms with E-state index >= 15 is 0 Å². The third-order valence-corrected chi connectivity index (χ3v) is 5.75. The Balaban J connectivity index is 2.06. The van der Waals surface area contributed by atoms with Crippen LogP contribution >= 0.6 is 0 Å². The smallest absolute Gasteiger partial charge is 0.322 e. The molecule has 0 unspecified atom stereocenters. The van der Waals surface area contributed by atoms with Gasteiger partial charge in [-0.1, -0.05) is 0 Å². The Morgan fingerprint density at radius 3 is 2.12 bits per heavy atom. The van der Waals surface area contributed by atoms with Gasteiger partial charge in [-0.3, -0.25) is 14.4 Å². The maximum atomic E-state index is 12.6. The van der Waals surface area contributed by atoms with Gasteiger partial charge in [0, 0.05) is 38.7 Å². The fourth-order valence-corrected chi connectivity index (χ4v) is 3.85. The van der Waals surface area contributed by atoms with E-state index in [-0.39, 0.29) is 29.5 Å². The van der Waals surface area contributed by atoms with Gasteiger partial charge in [-0.2, -0.15) is 4.31 Å². The van der Waals surface area contributed by atoms with Crippen LogP contribution < -0.4 is 5.32 Å². The number of hydrogen-bond acceptors (Lipinski definition) is 5.